The van der Waals surface area contributed by atoms with Crippen molar-refractivity contribution in [2.75, 3.05) is 24.0 Å². The van der Waals surface area contributed by atoms with Crippen LogP contribution in [-0.4, -0.2) is 63.2 Å². The Kier molecular flexibility index (Phi) is 7.14. The van der Waals surface area contributed by atoms with Crippen LogP contribution in [0.3, 0.4) is 0 Å². The highest BCUT2D eigenvalue weighted by atomic mass is 32.2. The second-order valence-corrected chi connectivity index (χ2v) is 12.6. The van der Waals surface area contributed by atoms with Gasteiger partial charge in [-0.15, -0.1) is 0 Å². The second kappa shape index (κ2) is 10.7. The van der Waals surface area contributed by atoms with Gasteiger partial charge >= 0.3 is 6.18 Å². The third kappa shape index (κ3) is 5.62. The highest BCUT2D eigenvalue weighted by molar-refractivity contribution is 7.90. The fourth-order valence-electron chi connectivity index (χ4n) is 4.82. The van der Waals surface area contributed by atoms with Gasteiger partial charge in [-0.2, -0.15) is 23.3 Å². The molecule has 15 heteroatoms. The van der Waals surface area contributed by atoms with E-state index in [4.69, 9.17) is 4.74 Å². The topological polar surface area (TPSA) is 137 Å². The fraction of sp³-hybridized carbons (Fsp3) is 0.276. The minimum atomic E-state index is -4.50. The number of sulfone groups is 1. The van der Waals surface area contributed by atoms with Crippen LogP contribution in [0.25, 0.3) is 28.0 Å². The van der Waals surface area contributed by atoms with Gasteiger partial charge < -0.3 is 15.4 Å². The number of halogens is 3. The smallest absolute Gasteiger partial charge is 0.411 e. The number of nitrogens with one attached hydrogen (secondary N) is 2. The minimum absolute atomic E-state index is 0.0362. The molecular weight excluding hydrogens is 597 g/mol. The van der Waals surface area contributed by atoms with Gasteiger partial charge in [-0.3, -0.25) is 0 Å². The lowest BCUT2D eigenvalue weighted by molar-refractivity contribution is -0.151. The Labute approximate surface area is 250 Å². The lowest BCUT2D eigenvalue weighted by atomic mass is 10.1. The van der Waals surface area contributed by atoms with Crippen molar-refractivity contribution in [2.24, 2.45) is 0 Å². The van der Waals surface area contributed by atoms with Gasteiger partial charge in [0.25, 0.3) is 0 Å². The van der Waals surface area contributed by atoms with E-state index in [2.05, 4.69) is 35.7 Å². The molecule has 44 heavy (non-hydrogen) atoms. The quantitative estimate of drug-likeness (QED) is 0.220. The summed E-state index contributed by atoms with van der Waals surface area (Å²) in [7, 11) is -2.28. The molecule has 1 saturated carbocycles. The SMILES string of the molecule is COc1ccc(-c2ccc3nc(NC(C)c4ccc(-n5cncn5)cc4)nc(NC4(C(F)(F)F)CC4)c3n2)cc1S(C)(=O)=O. The van der Waals surface area contributed by atoms with E-state index in [1.165, 1.54) is 25.6 Å². The molecule has 3 aromatic heterocycles. The third-order valence-corrected chi connectivity index (χ3v) is 8.59. The van der Waals surface area contributed by atoms with Crippen LogP contribution in [0.2, 0.25) is 0 Å². The van der Waals surface area contributed by atoms with Gasteiger partial charge in [-0.1, -0.05) is 12.1 Å². The standard InChI is InChI=1S/C29H27F3N8O3S/c1-17(18-4-7-20(8-5-18)40-16-33-15-34-40)35-27-37-22-10-9-21(19-6-11-23(43-2)24(14-19)44(3,41)42)36-25(22)26(38-27)39-28(12-13-28)29(30,31)32/h4-11,14-17H,12-13H2,1-3H3,(H2,35,37,38,39). The molecule has 1 fully saturated rings. The zero-order chi connectivity index (χ0) is 31.3. The molecule has 3 heterocycles. The summed E-state index contributed by atoms with van der Waals surface area (Å²) < 4.78 is 73.6. The van der Waals surface area contributed by atoms with Crippen molar-refractivity contribution < 1.29 is 26.3 Å². The van der Waals surface area contributed by atoms with E-state index < -0.39 is 21.6 Å². The fourth-order valence-corrected chi connectivity index (χ4v) is 5.68. The van der Waals surface area contributed by atoms with Crippen molar-refractivity contribution in [1.29, 1.82) is 0 Å². The summed E-state index contributed by atoms with van der Waals surface area (Å²) in [5.41, 5.74) is 0.765. The molecule has 0 saturated heterocycles. The summed E-state index contributed by atoms with van der Waals surface area (Å²) in [5.74, 6) is 0.199. The number of methoxy groups -OCH3 is 1. The molecule has 1 unspecified atom stereocenters. The normalized spacial score (nSPS) is 15.1. The number of pyridine rings is 1. The van der Waals surface area contributed by atoms with Gasteiger partial charge in [0.2, 0.25) is 5.95 Å². The first-order chi connectivity index (χ1) is 20.9. The van der Waals surface area contributed by atoms with E-state index in [1.807, 2.05) is 31.2 Å². The van der Waals surface area contributed by atoms with Gasteiger partial charge in [0.1, 0.15) is 34.4 Å². The molecule has 2 N–H and O–H groups in total. The van der Waals surface area contributed by atoms with Crippen LogP contribution in [0, 0.1) is 0 Å². The Hall–Kier alpha value is -4.79. The molecule has 2 aromatic carbocycles. The summed E-state index contributed by atoms with van der Waals surface area (Å²) in [5, 5.41) is 9.91. The van der Waals surface area contributed by atoms with E-state index in [-0.39, 0.29) is 46.8 Å². The summed E-state index contributed by atoms with van der Waals surface area (Å²) in [4.78, 5) is 17.5. The van der Waals surface area contributed by atoms with Crippen molar-refractivity contribution in [2.45, 2.75) is 42.4 Å². The number of hydrogen-bond donors (Lipinski definition) is 2. The Balaban J connectivity index is 1.38. The molecule has 11 nitrogen and oxygen atoms in total. The van der Waals surface area contributed by atoms with Crippen molar-refractivity contribution in [1.82, 2.24) is 29.7 Å². The molecule has 228 valence electrons. The average molecular weight is 625 g/mol. The van der Waals surface area contributed by atoms with Gasteiger partial charge in [0.15, 0.2) is 15.7 Å². The van der Waals surface area contributed by atoms with E-state index in [0.717, 1.165) is 17.5 Å². The van der Waals surface area contributed by atoms with Crippen LogP contribution in [0.1, 0.15) is 31.4 Å². The predicted octanol–water partition coefficient (Wildman–Crippen LogP) is 5.36. The number of anilines is 2. The number of alkyl halides is 3. The first-order valence-electron chi connectivity index (χ1n) is 13.5. The van der Waals surface area contributed by atoms with Crippen LogP contribution in [0.5, 0.6) is 5.75 Å². The van der Waals surface area contributed by atoms with Crippen LogP contribution in [0.15, 0.2) is 72.1 Å². The Morgan fingerprint density at radius 1 is 1.02 bits per heavy atom. The lowest BCUT2D eigenvalue weighted by Crippen LogP contribution is -2.39. The van der Waals surface area contributed by atoms with Crippen LogP contribution in [0.4, 0.5) is 24.9 Å². The Morgan fingerprint density at radius 2 is 1.77 bits per heavy atom. The first-order valence-corrected chi connectivity index (χ1v) is 15.4. The van der Waals surface area contributed by atoms with Gasteiger partial charge in [0.05, 0.1) is 30.0 Å². The molecule has 1 aliphatic rings. The first kappa shape index (κ1) is 29.3. The number of fused-ring (bicyclic) bond motifs is 1. The molecular formula is C29H27F3N8O3S. The van der Waals surface area contributed by atoms with Crippen LogP contribution >= 0.6 is 0 Å². The second-order valence-electron chi connectivity index (χ2n) is 10.6. The number of ether oxygens (including phenoxy) is 1. The molecule has 0 amide bonds. The maximum Gasteiger partial charge on any atom is 0.411 e. The largest absolute Gasteiger partial charge is 0.495 e. The molecule has 5 aromatic rings. The van der Waals surface area contributed by atoms with Gasteiger partial charge in [-0.05, 0) is 67.8 Å². The zero-order valence-corrected chi connectivity index (χ0v) is 24.6. The van der Waals surface area contributed by atoms with E-state index >= 15 is 0 Å². The summed E-state index contributed by atoms with van der Waals surface area (Å²) in [6.45, 7) is 1.88. The molecule has 1 atom stereocenters. The number of rotatable bonds is 9. The van der Waals surface area contributed by atoms with Crippen LogP contribution < -0.4 is 15.4 Å². The van der Waals surface area contributed by atoms with Crippen molar-refractivity contribution in [3.8, 4) is 22.7 Å². The molecule has 1 aliphatic carbocycles. The van der Waals surface area contributed by atoms with Crippen molar-refractivity contribution >= 4 is 32.6 Å². The van der Waals surface area contributed by atoms with Crippen LogP contribution in [-0.2, 0) is 9.84 Å². The number of hydrogen-bond acceptors (Lipinski definition) is 10. The third-order valence-electron chi connectivity index (χ3n) is 7.47. The van der Waals surface area contributed by atoms with E-state index in [0.29, 0.717) is 16.8 Å². The average Bonchev–Trinajstić information content (AvgIpc) is 3.58. The zero-order valence-electron chi connectivity index (χ0n) is 23.8. The molecule has 6 rings (SSSR count). The minimum Gasteiger partial charge on any atom is -0.495 e. The summed E-state index contributed by atoms with van der Waals surface area (Å²) >= 11 is 0. The maximum absolute atomic E-state index is 14.0. The molecule has 0 radical (unpaired) electrons. The Bertz CT molecular complexity index is 1950. The molecule has 0 spiro atoms. The predicted molar refractivity (Wildman–Crippen MR) is 157 cm³/mol. The highest BCUT2D eigenvalue weighted by Gasteiger charge is 2.64. The van der Waals surface area contributed by atoms with Gasteiger partial charge in [0, 0.05) is 11.8 Å². The lowest BCUT2D eigenvalue weighted by Gasteiger charge is -2.23. The monoisotopic (exact) mass is 624 g/mol. The molecule has 0 aliphatic heterocycles. The van der Waals surface area contributed by atoms with E-state index in [1.54, 1.807) is 29.2 Å². The van der Waals surface area contributed by atoms with Crippen molar-refractivity contribution in [3.05, 3.63) is 72.8 Å². The van der Waals surface area contributed by atoms with Gasteiger partial charge in [-0.25, -0.2) is 28.1 Å². The highest BCUT2D eigenvalue weighted by Crippen LogP contribution is 2.51. The number of nitrogens with zero attached hydrogens (tertiary/aromatic N) is 6. The number of benzene rings is 2. The Morgan fingerprint density at radius 3 is 2.39 bits per heavy atom. The maximum atomic E-state index is 14.0. The summed E-state index contributed by atoms with van der Waals surface area (Å²) in [6.07, 6.45) is -0.627. The van der Waals surface area contributed by atoms with E-state index in [9.17, 15) is 21.6 Å². The number of aromatic nitrogens is 6. The summed E-state index contributed by atoms with van der Waals surface area (Å²) in [6, 6.07) is 15.0. The van der Waals surface area contributed by atoms with Crippen molar-refractivity contribution in [3.63, 3.8) is 0 Å². The molecule has 0 bridgehead atoms.